The van der Waals surface area contributed by atoms with E-state index in [0.717, 1.165) is 29.2 Å². The molecule has 4 aromatic rings. The van der Waals surface area contributed by atoms with Crippen LogP contribution in [0.25, 0.3) is 22.6 Å². The number of halogens is 1. The number of anilines is 1. The molecule has 1 amide bonds. The number of non-ortho nitro benzene ring substituents is 1. The Morgan fingerprint density at radius 2 is 1.91 bits per heavy atom. The average Bonchev–Trinajstić information content (AvgIpc) is 3.27. The maximum Gasteiger partial charge on any atom is 0.270 e. The molecule has 10 heteroatoms. The quantitative estimate of drug-likeness (QED) is 0.169. The summed E-state index contributed by atoms with van der Waals surface area (Å²) in [6.07, 6.45) is 1.05. The highest BCUT2D eigenvalue weighted by molar-refractivity contribution is 7.80. The third-order valence-corrected chi connectivity index (χ3v) is 6.13. The first kappa shape index (κ1) is 24.3. The lowest BCUT2D eigenvalue weighted by atomic mass is 9.98. The molecule has 0 saturated carbocycles. The summed E-state index contributed by atoms with van der Waals surface area (Å²) in [5.74, 6) is 0.379. The van der Waals surface area contributed by atoms with Gasteiger partial charge in [0.25, 0.3) is 11.6 Å². The molecule has 0 fully saturated rings. The summed E-state index contributed by atoms with van der Waals surface area (Å²) >= 11 is 11.2. The predicted octanol–water partition coefficient (Wildman–Crippen LogP) is 6.70. The van der Waals surface area contributed by atoms with Crippen LogP contribution in [0.2, 0.25) is 5.02 Å². The molecule has 0 radical (unpaired) electrons. The molecular formula is C25H21ClN4O4S. The number of nitro benzene ring substituents is 1. The first-order valence-electron chi connectivity index (χ1n) is 10.8. The van der Waals surface area contributed by atoms with Gasteiger partial charge in [0.15, 0.2) is 10.7 Å². The molecule has 0 aliphatic rings. The van der Waals surface area contributed by atoms with Crippen molar-refractivity contribution in [1.82, 2.24) is 10.3 Å². The number of hydrogen-bond donors (Lipinski definition) is 2. The van der Waals surface area contributed by atoms with E-state index in [1.807, 2.05) is 18.2 Å². The Hall–Kier alpha value is -3.82. The van der Waals surface area contributed by atoms with Crippen LogP contribution in [0.4, 0.5) is 11.4 Å². The summed E-state index contributed by atoms with van der Waals surface area (Å²) in [4.78, 5) is 27.3. The summed E-state index contributed by atoms with van der Waals surface area (Å²) in [7, 11) is 0. The molecule has 0 bridgehead atoms. The van der Waals surface area contributed by atoms with Gasteiger partial charge >= 0.3 is 0 Å². The van der Waals surface area contributed by atoms with E-state index in [2.05, 4.69) is 41.6 Å². The van der Waals surface area contributed by atoms with Gasteiger partial charge in [0.1, 0.15) is 5.52 Å². The van der Waals surface area contributed by atoms with Gasteiger partial charge in [-0.25, -0.2) is 4.98 Å². The number of aromatic nitrogens is 1. The normalized spacial score (nSPS) is 11.7. The maximum absolute atomic E-state index is 12.4. The molecule has 1 aromatic heterocycles. The SMILES string of the molecule is CC[C@H](C)c1ccc2oc(-c3ccc(NC(=S)NC(=O)c4ccc([N+](=O)[O-])cc4Cl)cc3)nc2c1. The lowest BCUT2D eigenvalue weighted by Crippen LogP contribution is -2.34. The molecule has 8 nitrogen and oxygen atoms in total. The van der Waals surface area contributed by atoms with Crippen LogP contribution in [0, 0.1) is 10.1 Å². The number of hydrogen-bond acceptors (Lipinski definition) is 6. The fourth-order valence-electron chi connectivity index (χ4n) is 3.44. The van der Waals surface area contributed by atoms with Gasteiger partial charge in [-0.2, -0.15) is 0 Å². The van der Waals surface area contributed by atoms with Gasteiger partial charge in [-0.3, -0.25) is 20.2 Å². The molecule has 35 heavy (non-hydrogen) atoms. The zero-order valence-electron chi connectivity index (χ0n) is 18.9. The molecule has 0 spiro atoms. The Labute approximate surface area is 211 Å². The van der Waals surface area contributed by atoms with E-state index < -0.39 is 10.8 Å². The average molecular weight is 509 g/mol. The Morgan fingerprint density at radius 1 is 1.17 bits per heavy atom. The molecule has 0 aliphatic heterocycles. The fourth-order valence-corrected chi connectivity index (χ4v) is 3.91. The van der Waals surface area contributed by atoms with E-state index in [4.69, 9.17) is 28.2 Å². The fraction of sp³-hybridized carbons (Fsp3) is 0.160. The minimum atomic E-state index is -0.589. The number of thiocarbonyl (C=S) groups is 1. The van der Waals surface area contributed by atoms with Gasteiger partial charge in [-0.1, -0.05) is 31.5 Å². The second kappa shape index (κ2) is 10.2. The zero-order chi connectivity index (χ0) is 25.1. The van der Waals surface area contributed by atoms with Crippen molar-refractivity contribution in [2.75, 3.05) is 5.32 Å². The van der Waals surface area contributed by atoms with E-state index in [1.54, 1.807) is 12.1 Å². The predicted molar refractivity (Wildman–Crippen MR) is 140 cm³/mol. The second-order valence-electron chi connectivity index (χ2n) is 7.96. The van der Waals surface area contributed by atoms with E-state index in [1.165, 1.54) is 17.7 Å². The highest BCUT2D eigenvalue weighted by Crippen LogP contribution is 2.28. The molecule has 3 aromatic carbocycles. The van der Waals surface area contributed by atoms with Gasteiger partial charge in [-0.05, 0) is 72.6 Å². The third kappa shape index (κ3) is 5.47. The Morgan fingerprint density at radius 3 is 2.57 bits per heavy atom. The number of fused-ring (bicyclic) bond motifs is 1. The van der Waals surface area contributed by atoms with Crippen molar-refractivity contribution in [3.05, 3.63) is 86.9 Å². The van der Waals surface area contributed by atoms with Crippen LogP contribution in [0.3, 0.4) is 0 Å². The van der Waals surface area contributed by atoms with Gasteiger partial charge in [0.05, 0.1) is 15.5 Å². The summed E-state index contributed by atoms with van der Waals surface area (Å²) in [5.41, 5.74) is 4.07. The molecule has 0 unspecified atom stereocenters. The number of carbonyl (C=O) groups is 1. The van der Waals surface area contributed by atoms with Crippen LogP contribution in [0.15, 0.2) is 65.1 Å². The Bertz CT molecular complexity index is 1440. The lowest BCUT2D eigenvalue weighted by Gasteiger charge is -2.10. The molecule has 0 aliphatic carbocycles. The van der Waals surface area contributed by atoms with Crippen LogP contribution in [-0.4, -0.2) is 20.9 Å². The minimum Gasteiger partial charge on any atom is -0.436 e. The lowest BCUT2D eigenvalue weighted by molar-refractivity contribution is -0.384. The first-order chi connectivity index (χ1) is 16.7. The summed E-state index contributed by atoms with van der Waals surface area (Å²) < 4.78 is 5.91. The summed E-state index contributed by atoms with van der Waals surface area (Å²) in [6, 6.07) is 16.9. The molecule has 178 valence electrons. The number of oxazole rings is 1. The molecule has 0 saturated heterocycles. The van der Waals surface area contributed by atoms with Crippen LogP contribution in [-0.2, 0) is 0 Å². The van der Waals surface area contributed by atoms with Gasteiger partial charge in [0, 0.05) is 23.4 Å². The zero-order valence-corrected chi connectivity index (χ0v) is 20.4. The van der Waals surface area contributed by atoms with Crippen LogP contribution in [0.1, 0.15) is 42.1 Å². The molecule has 1 atom stereocenters. The number of amides is 1. The van der Waals surface area contributed by atoms with Crippen LogP contribution in [0.5, 0.6) is 0 Å². The highest BCUT2D eigenvalue weighted by Gasteiger charge is 2.16. The van der Waals surface area contributed by atoms with Crippen LogP contribution >= 0.6 is 23.8 Å². The van der Waals surface area contributed by atoms with Crippen molar-refractivity contribution in [3.63, 3.8) is 0 Å². The maximum atomic E-state index is 12.4. The molecular weight excluding hydrogens is 488 g/mol. The summed E-state index contributed by atoms with van der Waals surface area (Å²) in [6.45, 7) is 4.34. The first-order valence-corrected chi connectivity index (χ1v) is 11.6. The van der Waals surface area contributed by atoms with Crippen molar-refractivity contribution in [2.24, 2.45) is 0 Å². The van der Waals surface area contributed by atoms with Crippen molar-refractivity contribution in [1.29, 1.82) is 0 Å². The number of rotatable bonds is 6. The van der Waals surface area contributed by atoms with Crippen molar-refractivity contribution in [3.8, 4) is 11.5 Å². The van der Waals surface area contributed by atoms with Crippen molar-refractivity contribution >= 4 is 57.3 Å². The largest absolute Gasteiger partial charge is 0.436 e. The Balaban J connectivity index is 1.42. The van der Waals surface area contributed by atoms with E-state index in [9.17, 15) is 14.9 Å². The molecule has 2 N–H and O–H groups in total. The van der Waals surface area contributed by atoms with E-state index in [0.29, 0.717) is 17.5 Å². The standard InChI is InChI=1S/C25H21ClN4O4S/c1-3-14(2)16-6-11-22-21(12-16)28-24(34-22)15-4-7-17(8-5-15)27-25(35)29-23(31)19-10-9-18(30(32)33)13-20(19)26/h4-14H,3H2,1-2H3,(H2,27,29,31,35)/t14-/m0/s1. The number of nitrogens with zero attached hydrogens (tertiary/aromatic N) is 2. The smallest absolute Gasteiger partial charge is 0.270 e. The number of benzene rings is 3. The monoisotopic (exact) mass is 508 g/mol. The van der Waals surface area contributed by atoms with Crippen molar-refractivity contribution < 1.29 is 14.1 Å². The summed E-state index contributed by atoms with van der Waals surface area (Å²) in [5, 5.41) is 16.3. The second-order valence-corrected chi connectivity index (χ2v) is 8.78. The minimum absolute atomic E-state index is 0.0431. The number of nitrogens with one attached hydrogen (secondary N) is 2. The highest BCUT2D eigenvalue weighted by atomic mass is 35.5. The topological polar surface area (TPSA) is 110 Å². The van der Waals surface area contributed by atoms with Gasteiger partial charge in [0.2, 0.25) is 5.89 Å². The number of nitro groups is 1. The van der Waals surface area contributed by atoms with Crippen LogP contribution < -0.4 is 10.6 Å². The number of carbonyl (C=O) groups excluding carboxylic acids is 1. The third-order valence-electron chi connectivity index (χ3n) is 5.62. The van der Waals surface area contributed by atoms with Gasteiger partial charge < -0.3 is 9.73 Å². The van der Waals surface area contributed by atoms with E-state index in [-0.39, 0.29) is 21.4 Å². The molecule has 4 rings (SSSR count). The van der Waals surface area contributed by atoms with Gasteiger partial charge in [-0.15, -0.1) is 0 Å². The van der Waals surface area contributed by atoms with Crippen molar-refractivity contribution in [2.45, 2.75) is 26.2 Å². The van der Waals surface area contributed by atoms with E-state index >= 15 is 0 Å². The molecule has 1 heterocycles. The Kier molecular flexibility index (Phi) is 7.09.